The number of ether oxygens (including phenoxy) is 2. The number of nitrogens with zero attached hydrogens (tertiary/aromatic N) is 1. The third kappa shape index (κ3) is 5.74. The minimum absolute atomic E-state index is 0.0624. The van der Waals surface area contributed by atoms with Crippen molar-refractivity contribution in [3.8, 4) is 11.5 Å². The van der Waals surface area contributed by atoms with E-state index in [1.54, 1.807) is 36.4 Å². The highest BCUT2D eigenvalue weighted by Gasteiger charge is 2.16. The Morgan fingerprint density at radius 1 is 1.03 bits per heavy atom. The molecule has 0 unspecified atom stereocenters. The fraction of sp³-hybridized carbons (Fsp3) is 0.0870. The smallest absolute Gasteiger partial charge is 0.343 e. The van der Waals surface area contributed by atoms with E-state index in [-0.39, 0.29) is 17.1 Å². The molecule has 3 aromatic rings. The van der Waals surface area contributed by atoms with Gasteiger partial charge in [0.2, 0.25) is 0 Å². The molecule has 0 aliphatic heterocycles. The lowest BCUT2D eigenvalue weighted by atomic mass is 10.1. The maximum atomic E-state index is 13.3. The number of nitrogens with one attached hydrogen (secondary N) is 1. The molecule has 0 spiro atoms. The highest BCUT2D eigenvalue weighted by molar-refractivity contribution is 5.91. The maximum Gasteiger partial charge on any atom is 0.343 e. The number of halogens is 1. The molecule has 0 aliphatic carbocycles. The summed E-state index contributed by atoms with van der Waals surface area (Å²) in [5.74, 6) is -1.59. The predicted molar refractivity (Wildman–Crippen MR) is 111 cm³/mol. The van der Waals surface area contributed by atoms with Crippen LogP contribution in [0.25, 0.3) is 0 Å². The van der Waals surface area contributed by atoms with Gasteiger partial charge in [-0.25, -0.2) is 14.6 Å². The van der Waals surface area contributed by atoms with Gasteiger partial charge >= 0.3 is 5.97 Å². The Balaban J connectivity index is 1.65. The van der Waals surface area contributed by atoms with Gasteiger partial charge in [0.25, 0.3) is 5.91 Å². The van der Waals surface area contributed by atoms with E-state index >= 15 is 0 Å². The maximum absolute atomic E-state index is 13.3. The van der Waals surface area contributed by atoms with E-state index in [0.29, 0.717) is 11.1 Å². The van der Waals surface area contributed by atoms with E-state index in [9.17, 15) is 19.1 Å². The molecule has 1 amide bonds. The largest absolute Gasteiger partial charge is 0.493 e. The van der Waals surface area contributed by atoms with Crippen molar-refractivity contribution in [1.82, 2.24) is 5.43 Å². The van der Waals surface area contributed by atoms with E-state index < -0.39 is 23.8 Å². The lowest BCUT2D eigenvalue weighted by Crippen LogP contribution is -2.25. The predicted octanol–water partition coefficient (Wildman–Crippen LogP) is 3.24. The van der Waals surface area contributed by atoms with Gasteiger partial charge < -0.3 is 14.6 Å². The lowest BCUT2D eigenvalue weighted by Gasteiger charge is -2.10. The molecule has 0 aliphatic rings. The number of carbonyl (C=O) groups is 2. The van der Waals surface area contributed by atoms with E-state index in [1.807, 2.05) is 0 Å². The number of aliphatic hydroxyl groups excluding tert-OH is 1. The second kappa shape index (κ2) is 10.1. The zero-order valence-electron chi connectivity index (χ0n) is 16.5. The second-order valence-corrected chi connectivity index (χ2v) is 6.36. The molecule has 0 aromatic heterocycles. The molecule has 0 fully saturated rings. The number of hydrogen-bond donors (Lipinski definition) is 2. The number of benzene rings is 3. The molecule has 3 aromatic carbocycles. The van der Waals surface area contributed by atoms with E-state index in [1.165, 1.54) is 43.7 Å². The Morgan fingerprint density at radius 2 is 1.81 bits per heavy atom. The van der Waals surface area contributed by atoms with Crippen LogP contribution in [0, 0.1) is 5.82 Å². The Kier molecular flexibility index (Phi) is 7.08. The summed E-state index contributed by atoms with van der Waals surface area (Å²) in [6, 6.07) is 18.2. The Bertz CT molecular complexity index is 1100. The van der Waals surface area contributed by atoms with Crippen molar-refractivity contribution in [3.63, 3.8) is 0 Å². The zero-order chi connectivity index (χ0) is 22.2. The van der Waals surface area contributed by atoms with Crippen LogP contribution in [0.2, 0.25) is 0 Å². The molecular weight excluding hydrogens is 403 g/mol. The highest BCUT2D eigenvalue weighted by atomic mass is 19.1. The fourth-order valence-electron chi connectivity index (χ4n) is 2.64. The first kappa shape index (κ1) is 21.7. The summed E-state index contributed by atoms with van der Waals surface area (Å²) in [7, 11) is 1.40. The van der Waals surface area contributed by atoms with Crippen molar-refractivity contribution in [2.45, 2.75) is 6.10 Å². The van der Waals surface area contributed by atoms with Crippen LogP contribution in [0.15, 0.2) is 77.9 Å². The minimum atomic E-state index is -1.35. The topological polar surface area (TPSA) is 97.2 Å². The van der Waals surface area contributed by atoms with Gasteiger partial charge in [0, 0.05) is 0 Å². The molecule has 0 saturated carbocycles. The average molecular weight is 422 g/mol. The Hall–Kier alpha value is -4.04. The van der Waals surface area contributed by atoms with Crippen LogP contribution in [0.5, 0.6) is 11.5 Å². The fourth-order valence-corrected chi connectivity index (χ4v) is 2.64. The highest BCUT2D eigenvalue weighted by Crippen LogP contribution is 2.28. The van der Waals surface area contributed by atoms with Gasteiger partial charge in [0.05, 0.1) is 18.9 Å². The molecular formula is C23H19FN2O5. The molecule has 0 heterocycles. The number of amides is 1. The number of methoxy groups -OCH3 is 1. The number of hydrogen-bond acceptors (Lipinski definition) is 6. The van der Waals surface area contributed by atoms with Gasteiger partial charge in [-0.2, -0.15) is 5.10 Å². The van der Waals surface area contributed by atoms with Gasteiger partial charge in [-0.3, -0.25) is 4.79 Å². The summed E-state index contributed by atoms with van der Waals surface area (Å²) in [4.78, 5) is 24.2. The average Bonchev–Trinajstić information content (AvgIpc) is 2.79. The Morgan fingerprint density at radius 3 is 2.52 bits per heavy atom. The van der Waals surface area contributed by atoms with E-state index in [0.717, 1.165) is 6.07 Å². The van der Waals surface area contributed by atoms with Gasteiger partial charge in [-0.1, -0.05) is 36.4 Å². The van der Waals surface area contributed by atoms with Crippen molar-refractivity contribution in [2.75, 3.05) is 7.11 Å². The second-order valence-electron chi connectivity index (χ2n) is 6.36. The van der Waals surface area contributed by atoms with Crippen LogP contribution < -0.4 is 14.9 Å². The van der Waals surface area contributed by atoms with Crippen LogP contribution in [0.1, 0.15) is 27.6 Å². The van der Waals surface area contributed by atoms with Gasteiger partial charge in [0.15, 0.2) is 17.6 Å². The Labute approximate surface area is 177 Å². The molecule has 8 heteroatoms. The van der Waals surface area contributed by atoms with Crippen LogP contribution in [-0.4, -0.2) is 30.3 Å². The molecule has 1 atom stereocenters. The van der Waals surface area contributed by atoms with Gasteiger partial charge in [0.1, 0.15) is 5.82 Å². The molecule has 31 heavy (non-hydrogen) atoms. The third-order valence-corrected chi connectivity index (χ3v) is 4.20. The first-order chi connectivity index (χ1) is 15.0. The summed E-state index contributed by atoms with van der Waals surface area (Å²) < 4.78 is 23.8. The number of hydrazone groups is 1. The van der Waals surface area contributed by atoms with Crippen LogP contribution in [0.4, 0.5) is 4.39 Å². The van der Waals surface area contributed by atoms with Crippen molar-refractivity contribution >= 4 is 18.1 Å². The molecule has 3 rings (SSSR count). The summed E-state index contributed by atoms with van der Waals surface area (Å²) in [5.41, 5.74) is 3.31. The van der Waals surface area contributed by atoms with Gasteiger partial charge in [-0.05, 0) is 47.5 Å². The normalized spacial score (nSPS) is 11.7. The SMILES string of the molecule is COc1cc(/C=N\NC(=O)[C@@H](O)c2ccccc2)ccc1OC(=O)c1cccc(F)c1. The molecule has 0 bridgehead atoms. The van der Waals surface area contributed by atoms with E-state index in [4.69, 9.17) is 9.47 Å². The molecule has 158 valence electrons. The number of carbonyl (C=O) groups excluding carboxylic acids is 2. The standard InChI is InChI=1S/C23H19FN2O5/c1-30-20-12-15(14-25-26-22(28)21(27)16-6-3-2-4-7-16)10-11-19(20)31-23(29)17-8-5-9-18(24)13-17/h2-14,21,27H,1H3,(H,26,28)/b25-14-/t21-/m0/s1. The van der Waals surface area contributed by atoms with Crippen molar-refractivity contribution in [1.29, 1.82) is 0 Å². The van der Waals surface area contributed by atoms with Crippen molar-refractivity contribution < 1.29 is 28.6 Å². The summed E-state index contributed by atoms with van der Waals surface area (Å²) in [5, 5.41) is 13.8. The van der Waals surface area contributed by atoms with Crippen LogP contribution in [0.3, 0.4) is 0 Å². The van der Waals surface area contributed by atoms with E-state index in [2.05, 4.69) is 10.5 Å². The molecule has 7 nitrogen and oxygen atoms in total. The lowest BCUT2D eigenvalue weighted by molar-refractivity contribution is -0.129. The third-order valence-electron chi connectivity index (χ3n) is 4.20. The summed E-state index contributed by atoms with van der Waals surface area (Å²) in [6.07, 6.45) is -0.00598. The number of aliphatic hydroxyl groups is 1. The van der Waals surface area contributed by atoms with Crippen LogP contribution in [-0.2, 0) is 4.79 Å². The first-order valence-electron chi connectivity index (χ1n) is 9.19. The number of rotatable bonds is 7. The minimum Gasteiger partial charge on any atom is -0.493 e. The van der Waals surface area contributed by atoms with Crippen LogP contribution >= 0.6 is 0 Å². The summed E-state index contributed by atoms with van der Waals surface area (Å²) >= 11 is 0. The molecule has 0 saturated heterocycles. The summed E-state index contributed by atoms with van der Waals surface area (Å²) in [6.45, 7) is 0. The first-order valence-corrected chi connectivity index (χ1v) is 9.19. The molecule has 2 N–H and O–H groups in total. The zero-order valence-corrected chi connectivity index (χ0v) is 16.5. The molecule has 0 radical (unpaired) electrons. The monoisotopic (exact) mass is 422 g/mol. The van der Waals surface area contributed by atoms with Gasteiger partial charge in [-0.15, -0.1) is 0 Å². The quantitative estimate of drug-likeness (QED) is 0.264. The number of esters is 1. The van der Waals surface area contributed by atoms with Crippen molar-refractivity contribution in [3.05, 3.63) is 95.3 Å². The van der Waals surface area contributed by atoms with Crippen molar-refractivity contribution in [2.24, 2.45) is 5.10 Å².